The molecule has 1 saturated heterocycles. The maximum Gasteiger partial charge on any atom is 0.410 e. The van der Waals surface area contributed by atoms with Crippen molar-refractivity contribution < 1.29 is 32.3 Å². The van der Waals surface area contributed by atoms with Crippen LogP contribution in [0, 0.1) is 11.8 Å². The van der Waals surface area contributed by atoms with Crippen LogP contribution in [0.1, 0.15) is 82.3 Å². The number of carbonyl (C=O) groups is 4. The van der Waals surface area contributed by atoms with Gasteiger partial charge >= 0.3 is 6.09 Å². The molecular formula is C31H42ClN5O7S. The Morgan fingerprint density at radius 3 is 2.49 bits per heavy atom. The fraction of sp³-hybridized carbons (Fsp3) is 0.677. The van der Waals surface area contributed by atoms with Gasteiger partial charge in [0.25, 0.3) is 5.91 Å². The van der Waals surface area contributed by atoms with Crippen LogP contribution in [-0.2, 0) is 42.2 Å². The third-order valence-electron chi connectivity index (χ3n) is 10.3. The number of nitrogens with two attached hydrogens (primary N) is 1. The third-order valence-corrected chi connectivity index (χ3v) is 12.5. The van der Waals surface area contributed by atoms with Crippen molar-refractivity contribution in [3.63, 3.8) is 0 Å². The van der Waals surface area contributed by atoms with Gasteiger partial charge in [-0.15, -0.1) is 0 Å². The highest BCUT2D eigenvalue weighted by molar-refractivity contribution is 7.91. The molecule has 14 heteroatoms. The van der Waals surface area contributed by atoms with Crippen molar-refractivity contribution in [1.82, 2.24) is 19.8 Å². The summed E-state index contributed by atoms with van der Waals surface area (Å²) in [5, 5.41) is 2.81. The molecule has 3 saturated carbocycles. The van der Waals surface area contributed by atoms with Gasteiger partial charge in [0.05, 0.1) is 24.4 Å². The number of nitrogens with one attached hydrogen (secondary N) is 2. The number of nitrogens with zero attached hydrogens (tertiary/aromatic N) is 2. The third kappa shape index (κ3) is 6.40. The van der Waals surface area contributed by atoms with Gasteiger partial charge < -0.3 is 20.7 Å². The molecule has 0 unspecified atom stereocenters. The summed E-state index contributed by atoms with van der Waals surface area (Å²) < 4.78 is 33.2. The molecule has 246 valence electrons. The second kappa shape index (κ2) is 12.4. The van der Waals surface area contributed by atoms with Crippen LogP contribution in [0.5, 0.6) is 0 Å². The summed E-state index contributed by atoms with van der Waals surface area (Å²) in [4.78, 5) is 57.2. The molecule has 0 spiro atoms. The predicted molar refractivity (Wildman–Crippen MR) is 165 cm³/mol. The normalized spacial score (nSPS) is 28.7. The minimum absolute atomic E-state index is 0.0120. The predicted octanol–water partition coefficient (Wildman–Crippen LogP) is 2.56. The lowest BCUT2D eigenvalue weighted by molar-refractivity contribution is -0.141. The minimum Gasteiger partial charge on any atom is -0.444 e. The van der Waals surface area contributed by atoms with Crippen LogP contribution in [0.15, 0.2) is 18.2 Å². The number of ether oxygens (including phenoxy) is 1. The molecule has 2 aliphatic heterocycles. The van der Waals surface area contributed by atoms with E-state index in [1.807, 2.05) is 19.1 Å². The average molecular weight is 664 g/mol. The van der Waals surface area contributed by atoms with Gasteiger partial charge in [-0.1, -0.05) is 56.3 Å². The first-order valence-electron chi connectivity index (χ1n) is 16.1. The molecule has 5 aliphatic rings. The molecule has 4 amide bonds. The molecule has 5 atom stereocenters. The molecule has 2 heterocycles. The number of hydrogen-bond acceptors (Lipinski definition) is 8. The van der Waals surface area contributed by atoms with Crippen LogP contribution in [0.25, 0.3) is 0 Å². The molecule has 0 aromatic heterocycles. The number of rotatable bonds is 9. The second-order valence-corrected chi connectivity index (χ2v) is 15.7. The number of fused-ring (bicyclic) bond motifs is 1. The summed E-state index contributed by atoms with van der Waals surface area (Å²) in [6.07, 6.45) is 5.21. The van der Waals surface area contributed by atoms with Crippen molar-refractivity contribution in [2.24, 2.45) is 17.6 Å². The minimum atomic E-state index is -3.82. The van der Waals surface area contributed by atoms with Crippen molar-refractivity contribution in [1.29, 1.82) is 0 Å². The number of halogens is 1. The maximum atomic E-state index is 13.9. The molecule has 3 aliphatic carbocycles. The number of benzene rings is 1. The Bertz CT molecular complexity index is 1480. The molecule has 45 heavy (non-hydrogen) atoms. The number of sulfonamides is 1. The lowest BCUT2D eigenvalue weighted by atomic mass is 9.83. The maximum absolute atomic E-state index is 13.9. The Morgan fingerprint density at radius 1 is 1.11 bits per heavy atom. The van der Waals surface area contributed by atoms with Crippen LogP contribution < -0.4 is 15.8 Å². The Hall–Kier alpha value is -2.90. The van der Waals surface area contributed by atoms with Crippen LogP contribution in [0.3, 0.4) is 0 Å². The first-order valence-corrected chi connectivity index (χ1v) is 18.0. The highest BCUT2D eigenvalue weighted by Gasteiger charge is 2.62. The van der Waals surface area contributed by atoms with E-state index in [1.54, 1.807) is 6.07 Å². The Morgan fingerprint density at radius 2 is 1.84 bits per heavy atom. The molecule has 1 aromatic rings. The average Bonchev–Trinajstić information content (AvgIpc) is 3.91. The quantitative estimate of drug-likeness (QED) is 0.362. The largest absolute Gasteiger partial charge is 0.444 e. The summed E-state index contributed by atoms with van der Waals surface area (Å²) in [6, 6.07) is 3.65. The van der Waals surface area contributed by atoms with Crippen molar-refractivity contribution in [3.05, 3.63) is 34.3 Å². The van der Waals surface area contributed by atoms with Crippen LogP contribution >= 0.6 is 11.6 Å². The van der Waals surface area contributed by atoms with E-state index in [1.165, 1.54) is 9.80 Å². The van der Waals surface area contributed by atoms with E-state index in [4.69, 9.17) is 22.1 Å². The molecule has 0 bridgehead atoms. The Labute approximate surface area is 268 Å². The second-order valence-electron chi connectivity index (χ2n) is 13.4. The summed E-state index contributed by atoms with van der Waals surface area (Å²) in [7, 11) is -3.82. The fourth-order valence-corrected chi connectivity index (χ4v) is 8.90. The van der Waals surface area contributed by atoms with Gasteiger partial charge in [0, 0.05) is 18.0 Å². The van der Waals surface area contributed by atoms with E-state index in [9.17, 15) is 27.6 Å². The molecule has 12 nitrogen and oxygen atoms in total. The topological polar surface area (TPSA) is 168 Å². The lowest BCUT2D eigenvalue weighted by Crippen LogP contribution is -2.58. The monoisotopic (exact) mass is 663 g/mol. The number of hydrogen-bond donors (Lipinski definition) is 3. The molecule has 0 radical (unpaired) electrons. The SMILES string of the molecule is CC[C@@H]1C[C@]1(NC(=O)[C@@H]1C[C@@H](OC(=O)N2Cc3cccc(Cl)c3C2)CN1C(=O)[C@@H](N)C1CCCCC1)C(=O)NS(=O)(=O)C1CC1. The van der Waals surface area contributed by atoms with Gasteiger partial charge in [-0.25, -0.2) is 13.2 Å². The zero-order valence-electron chi connectivity index (χ0n) is 25.5. The molecule has 4 N–H and O–H groups in total. The number of amides is 4. The standard InChI is InChI=1S/C31H42ClN5O7S/c1-2-20-14-31(20,29(40)35-45(42,43)22-11-12-22)34-27(38)25-13-21(16-37(25)28(39)26(33)18-7-4-3-5-8-18)44-30(41)36-15-19-9-6-10-24(32)23(19)17-36/h6,9-10,18,20-22,25-26H,2-5,7-8,11-17,33H2,1H3,(H,34,38)(H,35,40)/t20-,21-,25+,26+,31-/m1/s1. The summed E-state index contributed by atoms with van der Waals surface area (Å²) >= 11 is 6.33. The zero-order valence-corrected chi connectivity index (χ0v) is 27.1. The van der Waals surface area contributed by atoms with Crippen molar-refractivity contribution in [3.8, 4) is 0 Å². The van der Waals surface area contributed by atoms with Crippen molar-refractivity contribution >= 4 is 45.4 Å². The van der Waals surface area contributed by atoms with E-state index >= 15 is 0 Å². The molecule has 1 aromatic carbocycles. The van der Waals surface area contributed by atoms with Crippen molar-refractivity contribution in [2.75, 3.05) is 6.54 Å². The van der Waals surface area contributed by atoms with Gasteiger partial charge in [-0.2, -0.15) is 0 Å². The molecule has 4 fully saturated rings. The highest BCUT2D eigenvalue weighted by atomic mass is 35.5. The van der Waals surface area contributed by atoms with Gasteiger partial charge in [0.15, 0.2) is 0 Å². The highest BCUT2D eigenvalue weighted by Crippen LogP contribution is 2.47. The van der Waals surface area contributed by atoms with Crippen LogP contribution in [0.4, 0.5) is 4.79 Å². The van der Waals surface area contributed by atoms with E-state index in [0.717, 1.165) is 43.2 Å². The van der Waals surface area contributed by atoms with E-state index in [0.29, 0.717) is 43.8 Å². The first kappa shape index (κ1) is 32.1. The van der Waals surface area contributed by atoms with Gasteiger partial charge in [-0.05, 0) is 61.1 Å². The van der Waals surface area contributed by atoms with Gasteiger partial charge in [-0.3, -0.25) is 24.0 Å². The molecular weight excluding hydrogens is 622 g/mol. The van der Waals surface area contributed by atoms with Gasteiger partial charge in [0.1, 0.15) is 17.7 Å². The lowest BCUT2D eigenvalue weighted by Gasteiger charge is -2.32. The zero-order chi connectivity index (χ0) is 32.1. The van der Waals surface area contributed by atoms with Crippen LogP contribution in [-0.4, -0.2) is 77.6 Å². The summed E-state index contributed by atoms with van der Waals surface area (Å²) in [5.74, 6) is -1.99. The Balaban J connectivity index is 1.18. The summed E-state index contributed by atoms with van der Waals surface area (Å²) in [5.41, 5.74) is 6.90. The van der Waals surface area contributed by atoms with Crippen LogP contribution in [0.2, 0.25) is 5.02 Å². The van der Waals surface area contributed by atoms with Gasteiger partial charge in [0.2, 0.25) is 21.8 Å². The number of carbonyl (C=O) groups excluding carboxylic acids is 4. The summed E-state index contributed by atoms with van der Waals surface area (Å²) in [6.45, 7) is 2.48. The molecule has 6 rings (SSSR count). The Kier molecular flexibility index (Phi) is 8.81. The smallest absolute Gasteiger partial charge is 0.410 e. The number of likely N-dealkylation sites (tertiary alicyclic amines) is 1. The van der Waals surface area contributed by atoms with E-state index in [2.05, 4.69) is 10.0 Å². The first-order chi connectivity index (χ1) is 21.4. The fourth-order valence-electron chi connectivity index (χ4n) is 7.28. The van der Waals surface area contributed by atoms with E-state index < -0.39 is 62.8 Å². The van der Waals surface area contributed by atoms with Crippen molar-refractivity contribution in [2.45, 2.75) is 113 Å². The van der Waals surface area contributed by atoms with E-state index in [-0.39, 0.29) is 24.8 Å².